The van der Waals surface area contributed by atoms with Crippen LogP contribution in [0.3, 0.4) is 0 Å². The van der Waals surface area contributed by atoms with E-state index in [2.05, 4.69) is 18.6 Å². The number of hydrogen-bond acceptors (Lipinski definition) is 5. The average molecular weight is 299 g/mol. The summed E-state index contributed by atoms with van der Waals surface area (Å²) in [7, 11) is -3.68. The summed E-state index contributed by atoms with van der Waals surface area (Å²) in [5.41, 5.74) is 5.21. The van der Waals surface area contributed by atoms with Crippen LogP contribution in [0.15, 0.2) is 23.1 Å². The summed E-state index contributed by atoms with van der Waals surface area (Å²) in [6.45, 7) is 4.53. The summed E-state index contributed by atoms with van der Waals surface area (Å²) in [4.78, 5) is 9.93. The van der Waals surface area contributed by atoms with Crippen LogP contribution in [0.5, 0.6) is 0 Å². The Bertz CT molecular complexity index is 655. The largest absolute Gasteiger partial charge is 0.393 e. The Morgan fingerprint density at radius 1 is 1.50 bits per heavy atom. The SMILES string of the molecule is CC1(C)CC1CNS(=O)(=O)c1ccc([N+](=O)[O-])c(N)c1. The minimum Gasteiger partial charge on any atom is -0.393 e. The molecule has 1 fully saturated rings. The van der Waals surface area contributed by atoms with Crippen LogP contribution in [0.1, 0.15) is 20.3 Å². The molecular formula is C12H17N3O4S. The number of rotatable bonds is 5. The lowest BCUT2D eigenvalue weighted by Crippen LogP contribution is -2.27. The van der Waals surface area contributed by atoms with Gasteiger partial charge in [-0.2, -0.15) is 0 Å². The number of nitrogens with one attached hydrogen (secondary N) is 1. The zero-order valence-corrected chi connectivity index (χ0v) is 12.1. The minimum atomic E-state index is -3.68. The zero-order chi connectivity index (χ0) is 15.1. The van der Waals surface area contributed by atoms with E-state index in [0.29, 0.717) is 12.5 Å². The summed E-state index contributed by atoms with van der Waals surface area (Å²) < 4.78 is 26.7. The van der Waals surface area contributed by atoms with E-state index in [1.54, 1.807) is 0 Å². The number of benzene rings is 1. The summed E-state index contributed by atoms with van der Waals surface area (Å²) >= 11 is 0. The molecule has 0 saturated heterocycles. The van der Waals surface area contributed by atoms with Gasteiger partial charge in [0, 0.05) is 12.6 Å². The Labute approximate surface area is 117 Å². The van der Waals surface area contributed by atoms with E-state index >= 15 is 0 Å². The fraction of sp³-hybridized carbons (Fsp3) is 0.500. The highest BCUT2D eigenvalue weighted by Crippen LogP contribution is 2.51. The average Bonchev–Trinajstić information content (AvgIpc) is 2.94. The predicted molar refractivity (Wildman–Crippen MR) is 74.6 cm³/mol. The van der Waals surface area contributed by atoms with Crippen molar-refractivity contribution in [1.29, 1.82) is 0 Å². The van der Waals surface area contributed by atoms with Crippen LogP contribution in [0.4, 0.5) is 11.4 Å². The second-order valence-corrected chi connectivity index (χ2v) is 7.49. The predicted octanol–water partition coefficient (Wildman–Crippen LogP) is 1.50. The molecule has 110 valence electrons. The number of nitrogen functional groups attached to an aromatic ring is 1. The smallest absolute Gasteiger partial charge is 0.292 e. The van der Waals surface area contributed by atoms with Gasteiger partial charge in [-0.05, 0) is 29.9 Å². The van der Waals surface area contributed by atoms with Crippen molar-refractivity contribution < 1.29 is 13.3 Å². The molecule has 1 atom stereocenters. The van der Waals surface area contributed by atoms with Gasteiger partial charge in [-0.25, -0.2) is 13.1 Å². The van der Waals surface area contributed by atoms with Crippen molar-refractivity contribution in [1.82, 2.24) is 4.72 Å². The second kappa shape index (κ2) is 4.71. The highest BCUT2D eigenvalue weighted by atomic mass is 32.2. The van der Waals surface area contributed by atoms with Gasteiger partial charge in [0.15, 0.2) is 0 Å². The lowest BCUT2D eigenvalue weighted by atomic mass is 10.1. The molecule has 1 unspecified atom stereocenters. The fourth-order valence-corrected chi connectivity index (χ4v) is 3.20. The molecule has 1 aliphatic rings. The van der Waals surface area contributed by atoms with Gasteiger partial charge in [0.2, 0.25) is 10.0 Å². The van der Waals surface area contributed by atoms with E-state index in [9.17, 15) is 18.5 Å². The molecule has 1 aromatic rings. The van der Waals surface area contributed by atoms with Gasteiger partial charge < -0.3 is 5.73 Å². The van der Waals surface area contributed by atoms with E-state index in [4.69, 9.17) is 5.73 Å². The molecule has 0 spiro atoms. The van der Waals surface area contributed by atoms with Crippen molar-refractivity contribution in [3.8, 4) is 0 Å². The van der Waals surface area contributed by atoms with E-state index in [1.807, 2.05) is 0 Å². The summed E-state index contributed by atoms with van der Waals surface area (Å²) in [6, 6.07) is 3.40. The third kappa shape index (κ3) is 2.91. The highest BCUT2D eigenvalue weighted by molar-refractivity contribution is 7.89. The number of nitro benzene ring substituents is 1. The van der Waals surface area contributed by atoms with Crippen molar-refractivity contribution in [2.24, 2.45) is 11.3 Å². The molecule has 1 saturated carbocycles. The molecule has 0 aliphatic heterocycles. The van der Waals surface area contributed by atoms with Gasteiger partial charge in [-0.1, -0.05) is 13.8 Å². The van der Waals surface area contributed by atoms with Crippen molar-refractivity contribution in [2.45, 2.75) is 25.2 Å². The van der Waals surface area contributed by atoms with Crippen molar-refractivity contribution in [3.05, 3.63) is 28.3 Å². The van der Waals surface area contributed by atoms with Crippen LogP contribution >= 0.6 is 0 Å². The highest BCUT2D eigenvalue weighted by Gasteiger charge is 2.45. The fourth-order valence-electron chi connectivity index (χ4n) is 2.08. The van der Waals surface area contributed by atoms with Gasteiger partial charge in [0.25, 0.3) is 5.69 Å². The third-order valence-corrected chi connectivity index (χ3v) is 5.16. The maximum atomic E-state index is 12.1. The normalized spacial score (nSPS) is 20.6. The first kappa shape index (κ1) is 14.7. The summed E-state index contributed by atoms with van der Waals surface area (Å²) in [6.07, 6.45) is 0.984. The molecule has 0 bridgehead atoms. The lowest BCUT2D eigenvalue weighted by molar-refractivity contribution is -0.383. The quantitative estimate of drug-likeness (QED) is 0.485. The van der Waals surface area contributed by atoms with E-state index in [0.717, 1.165) is 18.6 Å². The lowest BCUT2D eigenvalue weighted by Gasteiger charge is -2.08. The number of hydrogen-bond donors (Lipinski definition) is 2. The Morgan fingerprint density at radius 2 is 2.10 bits per heavy atom. The van der Waals surface area contributed by atoms with E-state index < -0.39 is 14.9 Å². The van der Waals surface area contributed by atoms with Crippen LogP contribution < -0.4 is 10.5 Å². The summed E-state index contributed by atoms with van der Waals surface area (Å²) in [5.74, 6) is 0.327. The molecule has 20 heavy (non-hydrogen) atoms. The molecule has 7 nitrogen and oxygen atoms in total. The molecule has 0 radical (unpaired) electrons. The van der Waals surface area contributed by atoms with Crippen molar-refractivity contribution in [3.63, 3.8) is 0 Å². The number of nitrogens with two attached hydrogens (primary N) is 1. The van der Waals surface area contributed by atoms with Crippen LogP contribution in [0.25, 0.3) is 0 Å². The number of nitrogens with zero attached hydrogens (tertiary/aromatic N) is 1. The Balaban J connectivity index is 2.13. The van der Waals surface area contributed by atoms with Gasteiger partial charge in [0.1, 0.15) is 5.69 Å². The van der Waals surface area contributed by atoms with Gasteiger partial charge >= 0.3 is 0 Å². The van der Waals surface area contributed by atoms with Crippen LogP contribution in [0, 0.1) is 21.4 Å². The standard InChI is InChI=1S/C12H17N3O4S/c1-12(2)6-8(12)7-14-20(18,19)9-3-4-11(15(16)17)10(13)5-9/h3-5,8,14H,6-7,13H2,1-2H3. The molecule has 1 aliphatic carbocycles. The van der Waals surface area contributed by atoms with Crippen LogP contribution in [0.2, 0.25) is 0 Å². The second-order valence-electron chi connectivity index (χ2n) is 5.72. The molecule has 2 rings (SSSR count). The number of anilines is 1. The number of sulfonamides is 1. The van der Waals surface area contributed by atoms with Gasteiger partial charge in [-0.15, -0.1) is 0 Å². The molecule has 1 aromatic carbocycles. The monoisotopic (exact) mass is 299 g/mol. The molecule has 0 amide bonds. The molecule has 8 heteroatoms. The zero-order valence-electron chi connectivity index (χ0n) is 11.3. The van der Waals surface area contributed by atoms with Crippen molar-refractivity contribution in [2.75, 3.05) is 12.3 Å². The van der Waals surface area contributed by atoms with Crippen LogP contribution in [-0.4, -0.2) is 19.9 Å². The maximum Gasteiger partial charge on any atom is 0.292 e. The first-order valence-electron chi connectivity index (χ1n) is 6.17. The Hall–Kier alpha value is -1.67. The van der Waals surface area contributed by atoms with Gasteiger partial charge in [-0.3, -0.25) is 10.1 Å². The number of nitro groups is 1. The molecular weight excluding hydrogens is 282 g/mol. The van der Waals surface area contributed by atoms with Gasteiger partial charge in [0.05, 0.1) is 9.82 Å². The van der Waals surface area contributed by atoms with Crippen LogP contribution in [-0.2, 0) is 10.0 Å². The minimum absolute atomic E-state index is 0.0564. The van der Waals surface area contributed by atoms with E-state index in [-0.39, 0.29) is 21.7 Å². The first-order chi connectivity index (χ1) is 9.13. The molecule has 0 aromatic heterocycles. The third-order valence-electron chi connectivity index (χ3n) is 3.74. The summed E-state index contributed by atoms with van der Waals surface area (Å²) in [5, 5.41) is 10.6. The van der Waals surface area contributed by atoms with E-state index in [1.165, 1.54) is 6.07 Å². The first-order valence-corrected chi connectivity index (χ1v) is 7.65. The maximum absolute atomic E-state index is 12.1. The Morgan fingerprint density at radius 3 is 2.55 bits per heavy atom. The topological polar surface area (TPSA) is 115 Å². The van der Waals surface area contributed by atoms with Crippen molar-refractivity contribution >= 4 is 21.4 Å². The molecule has 3 N–H and O–H groups in total. The molecule has 0 heterocycles. The Kier molecular flexibility index (Phi) is 3.47.